The fraction of sp³-hybridized carbons (Fsp3) is 0.529. The van der Waals surface area contributed by atoms with Gasteiger partial charge in [-0.05, 0) is 25.0 Å². The number of likely N-dealkylation sites (tertiary alicyclic amines) is 1. The predicted molar refractivity (Wildman–Crippen MR) is 85.6 cm³/mol. The van der Waals surface area contributed by atoms with Crippen molar-refractivity contribution in [3.63, 3.8) is 0 Å². The Bertz CT molecular complexity index is 614. The summed E-state index contributed by atoms with van der Waals surface area (Å²) in [6.45, 7) is 1.09. The molecule has 1 aliphatic heterocycles. The van der Waals surface area contributed by atoms with Crippen LogP contribution in [-0.2, 0) is 9.59 Å². The minimum absolute atomic E-state index is 0.0858. The number of hydrogen-bond donors (Lipinski definition) is 1. The first kappa shape index (κ1) is 16.1. The first-order chi connectivity index (χ1) is 11.0. The number of carboxylic acids is 1. The Morgan fingerprint density at radius 1 is 1.35 bits per heavy atom. The van der Waals surface area contributed by atoms with Crippen LogP contribution in [0.3, 0.4) is 0 Å². The van der Waals surface area contributed by atoms with Crippen LogP contribution in [0, 0.1) is 5.41 Å². The lowest BCUT2D eigenvalue weighted by Crippen LogP contribution is -2.43. The molecule has 1 saturated heterocycles. The van der Waals surface area contributed by atoms with Gasteiger partial charge in [-0.1, -0.05) is 30.2 Å². The van der Waals surface area contributed by atoms with E-state index in [0.717, 1.165) is 12.8 Å². The zero-order valence-corrected chi connectivity index (χ0v) is 13.6. The van der Waals surface area contributed by atoms with Crippen LogP contribution in [0.25, 0.3) is 0 Å². The first-order valence-electron chi connectivity index (χ1n) is 7.92. The molecule has 124 valence electrons. The number of rotatable bonds is 5. The van der Waals surface area contributed by atoms with E-state index in [1.54, 1.807) is 17.0 Å². The summed E-state index contributed by atoms with van der Waals surface area (Å²) in [5.74, 6) is -0.313. The minimum atomic E-state index is -0.847. The summed E-state index contributed by atoms with van der Waals surface area (Å²) >= 11 is 6.08. The molecule has 1 aromatic carbocycles. The van der Waals surface area contributed by atoms with Gasteiger partial charge in [0.1, 0.15) is 11.9 Å². The van der Waals surface area contributed by atoms with Crippen molar-refractivity contribution in [1.82, 2.24) is 4.90 Å². The molecule has 1 atom stereocenters. The van der Waals surface area contributed by atoms with Crippen molar-refractivity contribution in [2.24, 2.45) is 5.41 Å². The molecule has 1 heterocycles. The Morgan fingerprint density at radius 2 is 2.09 bits per heavy atom. The Kier molecular flexibility index (Phi) is 4.48. The Hall–Kier alpha value is -1.75. The molecular weight excluding hydrogens is 318 g/mol. The minimum Gasteiger partial charge on any atom is -0.487 e. The summed E-state index contributed by atoms with van der Waals surface area (Å²) < 4.78 is 5.86. The van der Waals surface area contributed by atoms with Crippen LogP contribution in [0.1, 0.15) is 32.1 Å². The van der Waals surface area contributed by atoms with E-state index in [9.17, 15) is 14.7 Å². The molecule has 6 heteroatoms. The summed E-state index contributed by atoms with van der Waals surface area (Å²) in [7, 11) is 0. The van der Waals surface area contributed by atoms with Crippen LogP contribution in [-0.4, -0.2) is 41.1 Å². The van der Waals surface area contributed by atoms with E-state index in [1.165, 1.54) is 0 Å². The third kappa shape index (κ3) is 3.29. The van der Waals surface area contributed by atoms with Gasteiger partial charge in [-0.25, -0.2) is 0 Å². The summed E-state index contributed by atoms with van der Waals surface area (Å²) in [5.41, 5.74) is -0.835. The van der Waals surface area contributed by atoms with Crippen molar-refractivity contribution in [3.8, 4) is 5.75 Å². The molecule has 1 saturated carbocycles. The smallest absolute Gasteiger partial charge is 0.310 e. The number of para-hydroxylation sites is 1. The highest BCUT2D eigenvalue weighted by Crippen LogP contribution is 2.44. The number of carboxylic acid groups (broad SMARTS) is 1. The number of nitrogens with zero attached hydrogens (tertiary/aromatic N) is 1. The van der Waals surface area contributed by atoms with Crippen LogP contribution in [0.15, 0.2) is 24.3 Å². The van der Waals surface area contributed by atoms with Crippen molar-refractivity contribution in [2.45, 2.75) is 38.2 Å². The molecule has 3 rings (SSSR count). The Balaban J connectivity index is 1.56. The van der Waals surface area contributed by atoms with Crippen molar-refractivity contribution in [2.75, 3.05) is 13.1 Å². The molecule has 0 radical (unpaired) electrons. The molecule has 0 spiro atoms. The third-order valence-electron chi connectivity index (χ3n) is 4.88. The van der Waals surface area contributed by atoms with E-state index in [4.69, 9.17) is 16.3 Å². The number of carbonyl (C=O) groups excluding carboxylic acids is 1. The quantitative estimate of drug-likeness (QED) is 0.897. The Labute approximate surface area is 140 Å². The van der Waals surface area contributed by atoms with Gasteiger partial charge in [0.2, 0.25) is 5.91 Å². The lowest BCUT2D eigenvalue weighted by molar-refractivity contribution is -0.159. The average molecular weight is 338 g/mol. The lowest BCUT2D eigenvalue weighted by Gasteiger charge is -2.37. The summed E-state index contributed by atoms with van der Waals surface area (Å²) in [6, 6.07) is 7.26. The van der Waals surface area contributed by atoms with Crippen LogP contribution in [0.4, 0.5) is 0 Å². The zero-order valence-electron chi connectivity index (χ0n) is 12.8. The van der Waals surface area contributed by atoms with Gasteiger partial charge in [0.05, 0.1) is 17.0 Å². The van der Waals surface area contributed by atoms with Crippen LogP contribution < -0.4 is 4.74 Å². The molecule has 2 fully saturated rings. The maximum absolute atomic E-state index is 12.4. The van der Waals surface area contributed by atoms with Crippen LogP contribution in [0.5, 0.6) is 5.75 Å². The molecule has 5 nitrogen and oxygen atoms in total. The van der Waals surface area contributed by atoms with E-state index in [0.29, 0.717) is 36.7 Å². The molecule has 1 unspecified atom stereocenters. The summed E-state index contributed by atoms with van der Waals surface area (Å²) in [5, 5.41) is 9.90. The van der Waals surface area contributed by atoms with Gasteiger partial charge in [-0.3, -0.25) is 9.59 Å². The number of benzene rings is 1. The van der Waals surface area contributed by atoms with Crippen molar-refractivity contribution in [1.29, 1.82) is 0 Å². The second kappa shape index (κ2) is 6.40. The predicted octanol–water partition coefficient (Wildman–Crippen LogP) is 2.96. The summed E-state index contributed by atoms with van der Waals surface area (Å²) in [4.78, 5) is 25.5. The van der Waals surface area contributed by atoms with Gasteiger partial charge in [-0.15, -0.1) is 0 Å². The molecular formula is C17H20ClNO4. The van der Waals surface area contributed by atoms with Crippen molar-refractivity contribution < 1.29 is 19.4 Å². The number of hydrogen-bond acceptors (Lipinski definition) is 3. The fourth-order valence-corrected chi connectivity index (χ4v) is 3.42. The van der Waals surface area contributed by atoms with Gasteiger partial charge in [0, 0.05) is 19.4 Å². The summed E-state index contributed by atoms with van der Waals surface area (Å²) in [6.07, 6.45) is 2.82. The molecule has 2 aliphatic rings. The van der Waals surface area contributed by atoms with Crippen molar-refractivity contribution in [3.05, 3.63) is 29.3 Å². The zero-order chi connectivity index (χ0) is 16.4. The van der Waals surface area contributed by atoms with E-state index >= 15 is 0 Å². The highest BCUT2D eigenvalue weighted by Gasteiger charge is 2.47. The van der Waals surface area contributed by atoms with Gasteiger partial charge in [-0.2, -0.15) is 0 Å². The number of ether oxygens (including phenoxy) is 1. The number of carbonyl (C=O) groups is 2. The molecule has 1 aliphatic carbocycles. The number of halogens is 1. The average Bonchev–Trinajstić information content (AvgIpc) is 2.93. The van der Waals surface area contributed by atoms with Gasteiger partial charge < -0.3 is 14.7 Å². The number of amides is 1. The normalized spacial score (nSPS) is 22.5. The maximum atomic E-state index is 12.4. The topological polar surface area (TPSA) is 66.8 Å². The monoisotopic (exact) mass is 337 g/mol. The molecule has 23 heavy (non-hydrogen) atoms. The van der Waals surface area contributed by atoms with Crippen molar-refractivity contribution >= 4 is 23.5 Å². The standard InChI is InChI=1S/C17H20ClNO4/c18-13-4-1-2-5-14(13)23-12-6-9-19(11-12)15(20)10-17(16(21)22)7-3-8-17/h1-2,4-5,12H,3,6-11H2,(H,21,22). The van der Waals surface area contributed by atoms with E-state index in [-0.39, 0.29) is 18.4 Å². The van der Waals surface area contributed by atoms with Crippen LogP contribution in [0.2, 0.25) is 5.02 Å². The SMILES string of the molecule is O=C(CC1(C(=O)O)CCC1)N1CCC(Oc2ccccc2Cl)C1. The largest absolute Gasteiger partial charge is 0.487 e. The van der Waals surface area contributed by atoms with E-state index < -0.39 is 11.4 Å². The van der Waals surface area contributed by atoms with Gasteiger partial charge in [0.15, 0.2) is 0 Å². The highest BCUT2D eigenvalue weighted by molar-refractivity contribution is 6.32. The Morgan fingerprint density at radius 3 is 2.70 bits per heavy atom. The molecule has 1 aromatic rings. The van der Waals surface area contributed by atoms with E-state index in [2.05, 4.69) is 0 Å². The lowest BCUT2D eigenvalue weighted by atomic mass is 9.66. The first-order valence-corrected chi connectivity index (χ1v) is 8.30. The number of aliphatic carboxylic acids is 1. The van der Waals surface area contributed by atoms with Gasteiger partial charge in [0.25, 0.3) is 0 Å². The molecule has 0 aromatic heterocycles. The van der Waals surface area contributed by atoms with Crippen LogP contribution >= 0.6 is 11.6 Å². The molecule has 0 bridgehead atoms. The second-order valence-corrected chi connectivity index (χ2v) is 6.82. The molecule has 1 N–H and O–H groups in total. The third-order valence-corrected chi connectivity index (χ3v) is 5.19. The van der Waals surface area contributed by atoms with Gasteiger partial charge >= 0.3 is 5.97 Å². The second-order valence-electron chi connectivity index (χ2n) is 6.41. The fourth-order valence-electron chi connectivity index (χ4n) is 3.24. The highest BCUT2D eigenvalue weighted by atomic mass is 35.5. The maximum Gasteiger partial charge on any atom is 0.310 e. The van der Waals surface area contributed by atoms with E-state index in [1.807, 2.05) is 12.1 Å². The molecule has 1 amide bonds.